The molecule has 2 amide bonds. The van der Waals surface area contributed by atoms with Gasteiger partial charge in [0.25, 0.3) is 11.5 Å². The third-order valence-corrected chi connectivity index (χ3v) is 8.05. The summed E-state index contributed by atoms with van der Waals surface area (Å²) in [4.78, 5) is 44.1. The number of hydrogen-bond acceptors (Lipinski definition) is 7. The monoisotopic (exact) mass is 520 g/mol. The SMILES string of the molecule is CCOc1ccc(-n2c(SCC(=O)Nc3sc4c(c3C(N)=O)CCC4)nc3ccccc3c2=O)cc1. The molecule has 2 aromatic heterocycles. The number of carbonyl (C=O) groups is 2. The lowest BCUT2D eigenvalue weighted by molar-refractivity contribution is -0.113. The van der Waals surface area contributed by atoms with Gasteiger partial charge in [-0.15, -0.1) is 11.3 Å². The van der Waals surface area contributed by atoms with Crippen molar-refractivity contribution in [1.29, 1.82) is 0 Å². The Morgan fingerprint density at radius 2 is 1.94 bits per heavy atom. The maximum absolute atomic E-state index is 13.4. The molecule has 36 heavy (non-hydrogen) atoms. The number of carbonyl (C=O) groups excluding carboxylic acids is 2. The lowest BCUT2D eigenvalue weighted by Crippen LogP contribution is -2.23. The maximum atomic E-state index is 13.4. The third kappa shape index (κ3) is 4.61. The molecule has 0 bridgehead atoms. The Morgan fingerprint density at radius 1 is 1.17 bits per heavy atom. The Labute approximate surface area is 215 Å². The molecular formula is C26H24N4O4S2. The Kier molecular flexibility index (Phi) is 6.80. The zero-order valence-corrected chi connectivity index (χ0v) is 21.2. The van der Waals surface area contributed by atoms with E-state index in [1.807, 2.05) is 13.0 Å². The number of rotatable bonds is 8. The van der Waals surface area contributed by atoms with Crippen LogP contribution < -0.4 is 21.3 Å². The standard InChI is InChI=1S/C26H24N4O4S2/c1-2-34-16-12-10-15(11-13-16)30-25(33)17-6-3-4-8-19(17)28-26(30)35-14-21(31)29-24-22(23(27)32)18-7-5-9-20(18)36-24/h3-4,6,8,10-13H,2,5,7,9,14H2,1H3,(H2,27,32)(H,29,31). The summed E-state index contributed by atoms with van der Waals surface area (Å²) < 4.78 is 7.02. The number of fused-ring (bicyclic) bond motifs is 2. The highest BCUT2D eigenvalue weighted by molar-refractivity contribution is 7.99. The number of ether oxygens (including phenoxy) is 1. The van der Waals surface area contributed by atoms with Crippen molar-refractivity contribution in [2.75, 3.05) is 17.7 Å². The first-order valence-electron chi connectivity index (χ1n) is 11.6. The minimum atomic E-state index is -0.530. The summed E-state index contributed by atoms with van der Waals surface area (Å²) in [6.07, 6.45) is 2.67. The zero-order valence-electron chi connectivity index (χ0n) is 19.6. The van der Waals surface area contributed by atoms with Crippen LogP contribution in [0.1, 0.15) is 34.1 Å². The van der Waals surface area contributed by atoms with Crippen molar-refractivity contribution in [3.05, 3.63) is 74.9 Å². The largest absolute Gasteiger partial charge is 0.494 e. The molecule has 0 aliphatic heterocycles. The van der Waals surface area contributed by atoms with Crippen LogP contribution in [-0.4, -0.2) is 33.7 Å². The summed E-state index contributed by atoms with van der Waals surface area (Å²) in [7, 11) is 0. The van der Waals surface area contributed by atoms with Gasteiger partial charge >= 0.3 is 0 Å². The predicted octanol–water partition coefficient (Wildman–Crippen LogP) is 4.16. The summed E-state index contributed by atoms with van der Waals surface area (Å²) >= 11 is 2.57. The lowest BCUT2D eigenvalue weighted by Gasteiger charge is -2.14. The molecule has 184 valence electrons. The number of nitrogens with one attached hydrogen (secondary N) is 1. The Hall–Kier alpha value is -3.63. The van der Waals surface area contributed by atoms with Gasteiger partial charge in [0, 0.05) is 4.88 Å². The van der Waals surface area contributed by atoms with E-state index in [1.54, 1.807) is 42.5 Å². The molecule has 5 rings (SSSR count). The summed E-state index contributed by atoms with van der Waals surface area (Å²) in [5, 5.41) is 4.22. The molecule has 1 aliphatic carbocycles. The van der Waals surface area contributed by atoms with Crippen LogP contribution >= 0.6 is 23.1 Å². The van der Waals surface area contributed by atoms with Crippen molar-refractivity contribution in [3.63, 3.8) is 0 Å². The number of aromatic nitrogens is 2. The van der Waals surface area contributed by atoms with E-state index in [0.29, 0.717) is 44.7 Å². The van der Waals surface area contributed by atoms with Gasteiger partial charge in [0.15, 0.2) is 5.16 Å². The van der Waals surface area contributed by atoms with Crippen LogP contribution in [0.15, 0.2) is 58.5 Å². The van der Waals surface area contributed by atoms with Crippen molar-refractivity contribution in [2.24, 2.45) is 5.73 Å². The molecular weight excluding hydrogens is 496 g/mol. The highest BCUT2D eigenvalue weighted by atomic mass is 32.2. The number of nitrogens with zero attached hydrogens (tertiary/aromatic N) is 2. The first kappa shape index (κ1) is 24.1. The van der Waals surface area contributed by atoms with Gasteiger partial charge in [-0.1, -0.05) is 23.9 Å². The number of para-hydroxylation sites is 1. The molecule has 4 aromatic rings. The molecule has 0 atom stereocenters. The minimum Gasteiger partial charge on any atom is -0.494 e. The van der Waals surface area contributed by atoms with Crippen LogP contribution in [0.3, 0.4) is 0 Å². The Morgan fingerprint density at radius 3 is 2.69 bits per heavy atom. The van der Waals surface area contributed by atoms with Crippen LogP contribution in [0.5, 0.6) is 5.75 Å². The van der Waals surface area contributed by atoms with Gasteiger partial charge in [0.2, 0.25) is 5.91 Å². The summed E-state index contributed by atoms with van der Waals surface area (Å²) in [6.45, 7) is 2.44. The second-order valence-electron chi connectivity index (χ2n) is 8.24. The summed E-state index contributed by atoms with van der Waals surface area (Å²) in [5.41, 5.74) is 7.93. The van der Waals surface area contributed by atoms with E-state index in [0.717, 1.165) is 41.5 Å². The molecule has 0 saturated carbocycles. The van der Waals surface area contributed by atoms with E-state index in [1.165, 1.54) is 15.9 Å². The van der Waals surface area contributed by atoms with Crippen LogP contribution in [0, 0.1) is 0 Å². The van der Waals surface area contributed by atoms with E-state index in [9.17, 15) is 14.4 Å². The first-order chi connectivity index (χ1) is 17.5. The molecule has 0 saturated heterocycles. The predicted molar refractivity (Wildman–Crippen MR) is 143 cm³/mol. The van der Waals surface area contributed by atoms with Crippen LogP contribution in [-0.2, 0) is 17.6 Å². The van der Waals surface area contributed by atoms with E-state index in [4.69, 9.17) is 10.5 Å². The number of nitrogens with two attached hydrogens (primary N) is 1. The van der Waals surface area contributed by atoms with Crippen molar-refractivity contribution in [1.82, 2.24) is 9.55 Å². The van der Waals surface area contributed by atoms with E-state index < -0.39 is 5.91 Å². The molecule has 10 heteroatoms. The van der Waals surface area contributed by atoms with E-state index in [2.05, 4.69) is 10.3 Å². The second-order valence-corrected chi connectivity index (χ2v) is 10.3. The fourth-order valence-electron chi connectivity index (χ4n) is 4.34. The topological polar surface area (TPSA) is 116 Å². The van der Waals surface area contributed by atoms with Crippen molar-refractivity contribution in [2.45, 2.75) is 31.3 Å². The lowest BCUT2D eigenvalue weighted by atomic mass is 10.1. The summed E-state index contributed by atoms with van der Waals surface area (Å²) in [5.74, 6) is -0.131. The number of anilines is 1. The zero-order chi connectivity index (χ0) is 25.2. The quantitative estimate of drug-likeness (QED) is 0.266. The minimum absolute atomic E-state index is 0.00256. The van der Waals surface area contributed by atoms with Gasteiger partial charge in [-0.2, -0.15) is 0 Å². The molecule has 8 nitrogen and oxygen atoms in total. The average molecular weight is 521 g/mol. The Bertz CT molecular complexity index is 1530. The molecule has 0 fully saturated rings. The average Bonchev–Trinajstić information content (AvgIpc) is 3.44. The van der Waals surface area contributed by atoms with Gasteiger partial charge in [-0.25, -0.2) is 4.98 Å². The number of amides is 2. The molecule has 0 unspecified atom stereocenters. The summed E-state index contributed by atoms with van der Waals surface area (Å²) in [6, 6.07) is 14.3. The van der Waals surface area contributed by atoms with E-state index >= 15 is 0 Å². The highest BCUT2D eigenvalue weighted by Crippen LogP contribution is 2.39. The van der Waals surface area contributed by atoms with Crippen LogP contribution in [0.25, 0.3) is 16.6 Å². The second kappa shape index (κ2) is 10.2. The number of aryl methyl sites for hydroxylation is 1. The number of hydrogen-bond donors (Lipinski definition) is 2. The number of primary amides is 1. The highest BCUT2D eigenvalue weighted by Gasteiger charge is 2.26. The molecule has 0 spiro atoms. The molecule has 2 aromatic carbocycles. The number of benzene rings is 2. The molecule has 0 radical (unpaired) electrons. The van der Waals surface area contributed by atoms with Crippen molar-refractivity contribution < 1.29 is 14.3 Å². The van der Waals surface area contributed by atoms with Crippen molar-refractivity contribution >= 4 is 50.8 Å². The molecule has 3 N–H and O–H groups in total. The van der Waals surface area contributed by atoms with Gasteiger partial charge in [0.1, 0.15) is 10.8 Å². The normalized spacial score (nSPS) is 12.5. The van der Waals surface area contributed by atoms with Gasteiger partial charge in [-0.3, -0.25) is 19.0 Å². The number of thioether (sulfide) groups is 1. The van der Waals surface area contributed by atoms with E-state index in [-0.39, 0.29) is 17.2 Å². The number of thiophene rings is 1. The fraction of sp³-hybridized carbons (Fsp3) is 0.231. The van der Waals surface area contributed by atoms with Gasteiger partial charge in [-0.05, 0) is 68.1 Å². The maximum Gasteiger partial charge on any atom is 0.266 e. The van der Waals surface area contributed by atoms with Crippen LogP contribution in [0.4, 0.5) is 5.00 Å². The fourth-order valence-corrected chi connectivity index (χ4v) is 6.46. The smallest absolute Gasteiger partial charge is 0.266 e. The first-order valence-corrected chi connectivity index (χ1v) is 13.4. The Balaban J connectivity index is 1.44. The third-order valence-electron chi connectivity index (χ3n) is 5.90. The van der Waals surface area contributed by atoms with Crippen LogP contribution in [0.2, 0.25) is 0 Å². The van der Waals surface area contributed by atoms with Gasteiger partial charge in [0.05, 0.1) is 34.5 Å². The molecule has 2 heterocycles. The molecule has 1 aliphatic rings. The van der Waals surface area contributed by atoms with Crippen molar-refractivity contribution in [3.8, 4) is 11.4 Å². The van der Waals surface area contributed by atoms with Gasteiger partial charge < -0.3 is 15.8 Å².